The molecule has 2 aromatic rings. The Bertz CT molecular complexity index is 894. The highest BCUT2D eigenvalue weighted by Gasteiger charge is 2.24. The van der Waals surface area contributed by atoms with Crippen LogP contribution in [-0.2, 0) is 17.6 Å². The van der Waals surface area contributed by atoms with Crippen molar-refractivity contribution < 1.29 is 4.79 Å². The summed E-state index contributed by atoms with van der Waals surface area (Å²) in [5.74, 6) is 3.21. The molecule has 2 fully saturated rings. The second kappa shape index (κ2) is 16.9. The van der Waals surface area contributed by atoms with Gasteiger partial charge in [-0.2, -0.15) is 20.4 Å². The van der Waals surface area contributed by atoms with E-state index in [2.05, 4.69) is 58.5 Å². The maximum Gasteiger partial charge on any atom is 0.133 e. The number of hydrogen-bond donors (Lipinski definition) is 0. The Kier molecular flexibility index (Phi) is 13.0. The zero-order valence-corrected chi connectivity index (χ0v) is 25.5. The average molecular weight is 547 g/mol. The third-order valence-electron chi connectivity index (χ3n) is 9.76. The van der Waals surface area contributed by atoms with Crippen molar-refractivity contribution in [2.45, 2.75) is 154 Å². The average Bonchev–Trinajstić information content (AvgIpc) is 3.00. The molecule has 0 spiro atoms. The third kappa shape index (κ3) is 10.0. The molecule has 0 N–H and O–H groups in total. The van der Waals surface area contributed by atoms with E-state index < -0.39 is 0 Å². The SMILES string of the molecule is CCCCCC1CCC(c2ccc(CCC(=O)CCc3ccc(C4CCC(CCCCC)CC4)nn3)nn2)CC1. The van der Waals surface area contributed by atoms with Crippen LogP contribution in [-0.4, -0.2) is 26.2 Å². The lowest BCUT2D eigenvalue weighted by atomic mass is 9.78. The number of Topliss-reactive ketones (excluding diaryl/α,β-unsaturated/α-hetero) is 1. The summed E-state index contributed by atoms with van der Waals surface area (Å²) in [4.78, 5) is 12.6. The predicted molar refractivity (Wildman–Crippen MR) is 163 cm³/mol. The molecule has 0 bridgehead atoms. The highest BCUT2D eigenvalue weighted by Crippen LogP contribution is 2.38. The second-order valence-electron chi connectivity index (χ2n) is 12.9. The first-order chi connectivity index (χ1) is 19.6. The zero-order chi connectivity index (χ0) is 28.0. The summed E-state index contributed by atoms with van der Waals surface area (Å²) in [5.41, 5.74) is 4.14. The van der Waals surface area contributed by atoms with Crippen molar-refractivity contribution in [3.8, 4) is 0 Å². The molecule has 5 nitrogen and oxygen atoms in total. The van der Waals surface area contributed by atoms with Gasteiger partial charge in [0.2, 0.25) is 0 Å². The standard InChI is InChI=1S/C35H54N4O/c1-3-5-7-9-27-11-15-29(16-12-27)34-25-21-31(36-38-34)19-23-33(40)24-20-32-22-26-35(39-37-32)30-17-13-28(14-18-30)10-8-6-4-2/h21-22,25-30H,3-20,23-24H2,1-2H3. The molecule has 4 rings (SSSR count). The number of ketones is 1. The molecule has 0 amide bonds. The Morgan fingerprint density at radius 1 is 0.600 bits per heavy atom. The van der Waals surface area contributed by atoms with Crippen molar-refractivity contribution in [1.29, 1.82) is 0 Å². The fourth-order valence-corrected chi connectivity index (χ4v) is 6.96. The Balaban J connectivity index is 1.11. The van der Waals surface area contributed by atoms with Crippen LogP contribution in [0.3, 0.4) is 0 Å². The molecule has 2 saturated carbocycles. The lowest BCUT2D eigenvalue weighted by Gasteiger charge is -2.28. The molecule has 40 heavy (non-hydrogen) atoms. The van der Waals surface area contributed by atoms with Gasteiger partial charge in [0, 0.05) is 24.7 Å². The van der Waals surface area contributed by atoms with E-state index in [9.17, 15) is 4.79 Å². The highest BCUT2D eigenvalue weighted by molar-refractivity contribution is 5.78. The zero-order valence-electron chi connectivity index (χ0n) is 25.5. The van der Waals surface area contributed by atoms with Crippen LogP contribution >= 0.6 is 0 Å². The van der Waals surface area contributed by atoms with Crippen LogP contribution < -0.4 is 0 Å². The van der Waals surface area contributed by atoms with E-state index in [0.29, 0.717) is 37.5 Å². The lowest BCUT2D eigenvalue weighted by molar-refractivity contribution is -0.119. The topological polar surface area (TPSA) is 68.6 Å². The first-order valence-corrected chi connectivity index (χ1v) is 16.8. The number of aryl methyl sites for hydroxylation is 2. The quantitative estimate of drug-likeness (QED) is 0.196. The van der Waals surface area contributed by atoms with Crippen LogP contribution in [0.5, 0.6) is 0 Å². The van der Waals surface area contributed by atoms with Gasteiger partial charge < -0.3 is 0 Å². The Labute approximate surface area is 243 Å². The smallest absolute Gasteiger partial charge is 0.133 e. The van der Waals surface area contributed by atoms with E-state index in [1.54, 1.807) is 0 Å². The van der Waals surface area contributed by atoms with Gasteiger partial charge in [-0.25, -0.2) is 0 Å². The predicted octanol–water partition coefficient (Wildman–Crippen LogP) is 9.11. The molecule has 220 valence electrons. The molecule has 0 saturated heterocycles. The Morgan fingerprint density at radius 2 is 1.02 bits per heavy atom. The summed E-state index contributed by atoms with van der Waals surface area (Å²) in [7, 11) is 0. The van der Waals surface area contributed by atoms with Gasteiger partial charge in [0.1, 0.15) is 5.78 Å². The Hall–Kier alpha value is -2.17. The largest absolute Gasteiger partial charge is 0.300 e. The summed E-state index contributed by atoms with van der Waals surface area (Å²) in [5, 5.41) is 18.1. The number of nitrogens with zero attached hydrogens (tertiary/aromatic N) is 4. The molecule has 2 aliphatic rings. The molecule has 5 heteroatoms. The molecular weight excluding hydrogens is 492 g/mol. The van der Waals surface area contributed by atoms with Gasteiger partial charge >= 0.3 is 0 Å². The molecule has 2 heterocycles. The van der Waals surface area contributed by atoms with E-state index in [1.165, 1.54) is 103 Å². The summed E-state index contributed by atoms with van der Waals surface area (Å²) < 4.78 is 0. The van der Waals surface area contributed by atoms with Gasteiger partial charge in [-0.1, -0.05) is 65.2 Å². The second-order valence-corrected chi connectivity index (χ2v) is 12.9. The maximum absolute atomic E-state index is 12.6. The summed E-state index contributed by atoms with van der Waals surface area (Å²) in [6.45, 7) is 4.56. The van der Waals surface area contributed by atoms with Crippen molar-refractivity contribution in [3.05, 3.63) is 47.0 Å². The minimum atomic E-state index is 0.263. The molecule has 2 aromatic heterocycles. The van der Waals surface area contributed by atoms with Crippen molar-refractivity contribution in [3.63, 3.8) is 0 Å². The fourth-order valence-electron chi connectivity index (χ4n) is 6.96. The van der Waals surface area contributed by atoms with E-state index in [0.717, 1.165) is 34.6 Å². The normalized spacial score (nSPS) is 23.2. The van der Waals surface area contributed by atoms with Gasteiger partial charge in [0.25, 0.3) is 0 Å². The molecular formula is C35H54N4O. The van der Waals surface area contributed by atoms with Crippen LogP contribution in [0, 0.1) is 11.8 Å². The van der Waals surface area contributed by atoms with Gasteiger partial charge in [-0.05, 0) is 100 Å². The number of unbranched alkanes of at least 4 members (excludes halogenated alkanes) is 4. The van der Waals surface area contributed by atoms with Gasteiger partial charge in [0.15, 0.2) is 0 Å². The van der Waals surface area contributed by atoms with Crippen molar-refractivity contribution in [2.24, 2.45) is 11.8 Å². The van der Waals surface area contributed by atoms with Gasteiger partial charge in [0.05, 0.1) is 22.8 Å². The van der Waals surface area contributed by atoms with Crippen molar-refractivity contribution in [1.82, 2.24) is 20.4 Å². The van der Waals surface area contributed by atoms with Crippen molar-refractivity contribution >= 4 is 5.78 Å². The van der Waals surface area contributed by atoms with E-state index >= 15 is 0 Å². The summed E-state index contributed by atoms with van der Waals surface area (Å²) >= 11 is 0. The van der Waals surface area contributed by atoms with Crippen LogP contribution in [0.25, 0.3) is 0 Å². The lowest BCUT2D eigenvalue weighted by Crippen LogP contribution is -2.15. The minimum Gasteiger partial charge on any atom is -0.300 e. The van der Waals surface area contributed by atoms with Crippen LogP contribution in [0.1, 0.15) is 164 Å². The monoisotopic (exact) mass is 546 g/mol. The fraction of sp³-hybridized carbons (Fsp3) is 0.743. The van der Waals surface area contributed by atoms with E-state index in [1.807, 2.05) is 0 Å². The third-order valence-corrected chi connectivity index (χ3v) is 9.76. The maximum atomic E-state index is 12.6. The number of aromatic nitrogens is 4. The van der Waals surface area contributed by atoms with Crippen LogP contribution in [0.4, 0.5) is 0 Å². The molecule has 0 aliphatic heterocycles. The summed E-state index contributed by atoms with van der Waals surface area (Å²) in [6, 6.07) is 8.49. The molecule has 0 aromatic carbocycles. The molecule has 0 atom stereocenters. The highest BCUT2D eigenvalue weighted by atomic mass is 16.1. The summed E-state index contributed by atoms with van der Waals surface area (Å²) in [6.07, 6.45) is 23.6. The number of rotatable bonds is 16. The first-order valence-electron chi connectivity index (χ1n) is 16.8. The number of hydrogen-bond acceptors (Lipinski definition) is 5. The van der Waals surface area contributed by atoms with Gasteiger partial charge in [-0.3, -0.25) is 4.79 Å². The van der Waals surface area contributed by atoms with Crippen LogP contribution in [0.2, 0.25) is 0 Å². The Morgan fingerprint density at radius 3 is 1.38 bits per heavy atom. The minimum absolute atomic E-state index is 0.263. The molecule has 0 unspecified atom stereocenters. The van der Waals surface area contributed by atoms with E-state index in [-0.39, 0.29) is 5.78 Å². The van der Waals surface area contributed by atoms with Crippen LogP contribution in [0.15, 0.2) is 24.3 Å². The van der Waals surface area contributed by atoms with Crippen molar-refractivity contribution in [2.75, 3.05) is 0 Å². The first kappa shape index (κ1) is 30.8. The number of carbonyl (C=O) groups is 1. The van der Waals surface area contributed by atoms with Gasteiger partial charge in [-0.15, -0.1) is 0 Å². The van der Waals surface area contributed by atoms with E-state index in [4.69, 9.17) is 0 Å². The molecule has 0 radical (unpaired) electrons. The number of carbonyl (C=O) groups excluding carboxylic acids is 1. The molecule has 2 aliphatic carbocycles.